The van der Waals surface area contributed by atoms with Crippen LogP contribution in [0, 0.1) is 5.41 Å². The fourth-order valence-corrected chi connectivity index (χ4v) is 2.18. The van der Waals surface area contributed by atoms with E-state index in [0.717, 1.165) is 0 Å². The van der Waals surface area contributed by atoms with Crippen LogP contribution < -0.4 is 0 Å². The van der Waals surface area contributed by atoms with Crippen molar-refractivity contribution in [2.24, 2.45) is 5.41 Å². The molecule has 9 nitrogen and oxygen atoms in total. The summed E-state index contributed by atoms with van der Waals surface area (Å²) in [5.74, 6) is -3.80. The zero-order valence-corrected chi connectivity index (χ0v) is 13.4. The molecule has 1 heterocycles. The van der Waals surface area contributed by atoms with E-state index in [9.17, 15) is 30.3 Å². The summed E-state index contributed by atoms with van der Waals surface area (Å²) in [7, 11) is 0. The van der Waals surface area contributed by atoms with Crippen LogP contribution in [0.15, 0.2) is 0 Å². The van der Waals surface area contributed by atoms with Crippen molar-refractivity contribution in [2.75, 3.05) is 13.2 Å². The van der Waals surface area contributed by atoms with Crippen LogP contribution >= 0.6 is 0 Å². The van der Waals surface area contributed by atoms with Gasteiger partial charge in [0.2, 0.25) is 0 Å². The molecule has 0 aromatic heterocycles. The maximum absolute atomic E-state index is 11.6. The van der Waals surface area contributed by atoms with E-state index in [2.05, 4.69) is 0 Å². The summed E-state index contributed by atoms with van der Waals surface area (Å²) in [5.41, 5.74) is -0.397. The molecule has 0 spiro atoms. The van der Waals surface area contributed by atoms with Crippen molar-refractivity contribution in [3.63, 3.8) is 0 Å². The van der Waals surface area contributed by atoms with Crippen molar-refractivity contribution in [3.8, 4) is 0 Å². The van der Waals surface area contributed by atoms with Gasteiger partial charge in [0.05, 0.1) is 19.3 Å². The SMILES string of the molecule is CC(C)(C)CO[C@]1(C(=O)O)CC(O)[C@@H](O)C([C@H](O)[C@H](O)CO)O1. The van der Waals surface area contributed by atoms with Gasteiger partial charge in [-0.2, -0.15) is 0 Å². The maximum atomic E-state index is 11.6. The van der Waals surface area contributed by atoms with E-state index in [1.807, 2.05) is 0 Å². The van der Waals surface area contributed by atoms with Crippen molar-refractivity contribution in [1.82, 2.24) is 0 Å². The molecule has 0 radical (unpaired) electrons. The summed E-state index contributed by atoms with van der Waals surface area (Å²) in [6.45, 7) is 4.57. The second kappa shape index (κ2) is 7.39. The Morgan fingerprint density at radius 3 is 2.35 bits per heavy atom. The zero-order chi connectivity index (χ0) is 18.0. The number of aliphatic hydroxyl groups excluding tert-OH is 5. The van der Waals surface area contributed by atoms with Gasteiger partial charge in [-0.25, -0.2) is 4.79 Å². The molecule has 0 aromatic carbocycles. The van der Waals surface area contributed by atoms with Gasteiger partial charge < -0.3 is 40.1 Å². The predicted molar refractivity (Wildman–Crippen MR) is 76.4 cm³/mol. The van der Waals surface area contributed by atoms with Gasteiger partial charge in [0, 0.05) is 6.42 Å². The molecule has 23 heavy (non-hydrogen) atoms. The molecule has 0 amide bonds. The van der Waals surface area contributed by atoms with E-state index in [1.165, 1.54) is 0 Å². The molecule has 0 aromatic rings. The van der Waals surface area contributed by atoms with E-state index in [4.69, 9.17) is 14.6 Å². The number of carboxylic acid groups (broad SMARTS) is 1. The van der Waals surface area contributed by atoms with E-state index in [0.29, 0.717) is 0 Å². The number of aliphatic carboxylic acids is 1. The summed E-state index contributed by atoms with van der Waals surface area (Å²) in [5, 5.41) is 57.6. The first-order chi connectivity index (χ1) is 10.4. The number of carbonyl (C=O) groups is 1. The largest absolute Gasteiger partial charge is 0.477 e. The first kappa shape index (κ1) is 20.2. The monoisotopic (exact) mass is 338 g/mol. The van der Waals surface area contributed by atoms with Crippen molar-refractivity contribution >= 4 is 5.97 Å². The minimum Gasteiger partial charge on any atom is -0.477 e. The van der Waals surface area contributed by atoms with Gasteiger partial charge in [-0.05, 0) is 5.41 Å². The number of hydrogen-bond acceptors (Lipinski definition) is 8. The minimum atomic E-state index is -2.27. The highest BCUT2D eigenvalue weighted by Gasteiger charge is 2.55. The summed E-state index contributed by atoms with van der Waals surface area (Å²) in [4.78, 5) is 11.6. The molecule has 6 atom stereocenters. The Hall–Kier alpha value is -0.810. The minimum absolute atomic E-state index is 0.0204. The predicted octanol–water partition coefficient (Wildman–Crippen LogP) is -1.95. The third-order valence-corrected chi connectivity index (χ3v) is 3.52. The van der Waals surface area contributed by atoms with Gasteiger partial charge in [0.15, 0.2) is 0 Å². The Bertz CT molecular complexity index is 408. The molecule has 0 aliphatic carbocycles. The smallest absolute Gasteiger partial charge is 0.364 e. The summed E-state index contributed by atoms with van der Waals surface area (Å²) in [6.07, 6.45) is -8.85. The topological polar surface area (TPSA) is 157 Å². The van der Waals surface area contributed by atoms with Gasteiger partial charge in [-0.3, -0.25) is 0 Å². The van der Waals surface area contributed by atoms with Crippen molar-refractivity contribution in [1.29, 1.82) is 0 Å². The Labute approximate surface area is 134 Å². The first-order valence-corrected chi connectivity index (χ1v) is 7.32. The third kappa shape index (κ3) is 4.83. The lowest BCUT2D eigenvalue weighted by Crippen LogP contribution is -2.64. The van der Waals surface area contributed by atoms with Gasteiger partial charge in [-0.15, -0.1) is 0 Å². The molecule has 1 aliphatic rings. The lowest BCUT2D eigenvalue weighted by Gasteiger charge is -2.45. The molecule has 1 saturated heterocycles. The van der Waals surface area contributed by atoms with Crippen molar-refractivity contribution in [3.05, 3.63) is 0 Å². The Morgan fingerprint density at radius 2 is 1.91 bits per heavy atom. The van der Waals surface area contributed by atoms with Crippen LogP contribution in [0.3, 0.4) is 0 Å². The van der Waals surface area contributed by atoms with E-state index >= 15 is 0 Å². The van der Waals surface area contributed by atoms with Crippen LogP contribution in [0.5, 0.6) is 0 Å². The van der Waals surface area contributed by atoms with Gasteiger partial charge >= 0.3 is 5.97 Å². The number of rotatable bonds is 6. The summed E-state index contributed by atoms with van der Waals surface area (Å²) >= 11 is 0. The quantitative estimate of drug-likeness (QED) is 0.324. The maximum Gasteiger partial charge on any atom is 0.364 e. The highest BCUT2D eigenvalue weighted by atomic mass is 16.7. The second-order valence-electron chi connectivity index (χ2n) is 6.99. The molecule has 2 unspecified atom stereocenters. The second-order valence-corrected chi connectivity index (χ2v) is 6.99. The molecular formula is C14H26O9. The summed E-state index contributed by atoms with van der Waals surface area (Å²) in [6, 6.07) is 0. The molecule has 1 rings (SSSR count). The number of aliphatic hydroxyl groups is 5. The molecule has 9 heteroatoms. The zero-order valence-electron chi connectivity index (χ0n) is 13.4. The average Bonchev–Trinajstić information content (AvgIpc) is 2.45. The van der Waals surface area contributed by atoms with Crippen LogP contribution in [0.2, 0.25) is 0 Å². The number of carboxylic acids is 1. The van der Waals surface area contributed by atoms with Crippen LogP contribution in [-0.4, -0.2) is 86.1 Å². The van der Waals surface area contributed by atoms with Gasteiger partial charge in [0.25, 0.3) is 5.79 Å². The third-order valence-electron chi connectivity index (χ3n) is 3.52. The molecule has 1 fully saturated rings. The van der Waals surface area contributed by atoms with Gasteiger partial charge in [-0.1, -0.05) is 20.8 Å². The normalized spacial score (nSPS) is 34.9. The van der Waals surface area contributed by atoms with E-state index < -0.39 is 60.7 Å². The number of ether oxygens (including phenoxy) is 2. The Kier molecular flexibility index (Phi) is 6.50. The fraction of sp³-hybridized carbons (Fsp3) is 0.929. The standard InChI is InChI=1S/C14H26O9/c1-13(2,3)6-22-14(12(20)21)4-7(16)9(18)11(23-14)10(19)8(17)5-15/h7-11,15-19H,4-6H2,1-3H3,(H,20,21)/t7?,8-,9-,10-,11?,14-/m1/s1. The Balaban J connectivity index is 3.05. The van der Waals surface area contributed by atoms with E-state index in [1.54, 1.807) is 20.8 Å². The summed E-state index contributed by atoms with van der Waals surface area (Å²) < 4.78 is 10.6. The molecule has 0 saturated carbocycles. The highest BCUT2D eigenvalue weighted by molar-refractivity contribution is 5.76. The van der Waals surface area contributed by atoms with Crippen LogP contribution in [-0.2, 0) is 14.3 Å². The van der Waals surface area contributed by atoms with Crippen molar-refractivity contribution < 1.29 is 44.9 Å². The average molecular weight is 338 g/mol. The lowest BCUT2D eigenvalue weighted by atomic mass is 9.90. The molecule has 1 aliphatic heterocycles. The Morgan fingerprint density at radius 1 is 1.35 bits per heavy atom. The van der Waals surface area contributed by atoms with Crippen LogP contribution in [0.25, 0.3) is 0 Å². The molecule has 0 bridgehead atoms. The van der Waals surface area contributed by atoms with Gasteiger partial charge in [0.1, 0.15) is 24.4 Å². The number of hydrogen-bond donors (Lipinski definition) is 6. The molecular weight excluding hydrogens is 312 g/mol. The van der Waals surface area contributed by atoms with Crippen LogP contribution in [0.1, 0.15) is 27.2 Å². The van der Waals surface area contributed by atoms with Crippen molar-refractivity contribution in [2.45, 2.75) is 63.5 Å². The lowest BCUT2D eigenvalue weighted by molar-refractivity contribution is -0.331. The first-order valence-electron chi connectivity index (χ1n) is 7.32. The fourth-order valence-electron chi connectivity index (χ4n) is 2.18. The highest BCUT2D eigenvalue weighted by Crippen LogP contribution is 2.34. The molecule has 136 valence electrons. The van der Waals surface area contributed by atoms with E-state index in [-0.39, 0.29) is 6.61 Å². The van der Waals surface area contributed by atoms with Crippen LogP contribution in [0.4, 0.5) is 0 Å². The molecule has 6 N–H and O–H groups in total.